The van der Waals surface area contributed by atoms with Crippen molar-refractivity contribution in [2.24, 2.45) is 5.29 Å². The number of hydrogen-bond acceptors (Lipinski definition) is 5. The van der Waals surface area contributed by atoms with Crippen molar-refractivity contribution in [3.63, 3.8) is 0 Å². The molecule has 3 rings (SSSR count). The summed E-state index contributed by atoms with van der Waals surface area (Å²) >= 11 is 3.68. The SMILES string of the molecule is COCCCOc1cc(C2CCC(C)(C)N2N=O)c(Br)cc1OCc1ccccc1. The van der Waals surface area contributed by atoms with Crippen molar-refractivity contribution in [1.29, 1.82) is 0 Å². The van der Waals surface area contributed by atoms with E-state index in [9.17, 15) is 4.91 Å². The van der Waals surface area contributed by atoms with Crippen LogP contribution < -0.4 is 9.47 Å². The standard InChI is InChI=1S/C23H29BrN2O4/c1-23(2)11-10-20(26(23)25-27)18-14-21(29-13-7-12-28-3)22(15-19(18)24)30-16-17-8-5-4-6-9-17/h4-6,8-9,14-15,20H,7,10-13,16H2,1-3H3. The van der Waals surface area contributed by atoms with Crippen LogP contribution >= 0.6 is 15.9 Å². The predicted octanol–water partition coefficient (Wildman–Crippen LogP) is 6.04. The second kappa shape index (κ2) is 10.3. The van der Waals surface area contributed by atoms with E-state index in [1.807, 2.05) is 56.3 Å². The average Bonchev–Trinajstić information content (AvgIpc) is 3.05. The molecule has 0 spiro atoms. The van der Waals surface area contributed by atoms with Crippen molar-refractivity contribution in [3.05, 3.63) is 63.0 Å². The number of benzene rings is 2. The van der Waals surface area contributed by atoms with E-state index in [-0.39, 0.29) is 11.6 Å². The van der Waals surface area contributed by atoms with E-state index in [0.29, 0.717) is 31.3 Å². The highest BCUT2D eigenvalue weighted by Crippen LogP contribution is 2.47. The molecule has 0 saturated carbocycles. The second-order valence-electron chi connectivity index (χ2n) is 8.08. The Labute approximate surface area is 186 Å². The molecule has 0 radical (unpaired) electrons. The van der Waals surface area contributed by atoms with Crippen LogP contribution in [0, 0.1) is 4.91 Å². The molecule has 2 aromatic rings. The summed E-state index contributed by atoms with van der Waals surface area (Å²) in [5, 5.41) is 4.99. The van der Waals surface area contributed by atoms with Gasteiger partial charge in [-0.25, -0.2) is 5.01 Å². The van der Waals surface area contributed by atoms with Crippen LogP contribution in [-0.2, 0) is 11.3 Å². The lowest BCUT2D eigenvalue weighted by molar-refractivity contribution is 0.131. The molecule has 0 aromatic heterocycles. The van der Waals surface area contributed by atoms with E-state index >= 15 is 0 Å². The fraction of sp³-hybridized carbons (Fsp3) is 0.478. The molecule has 30 heavy (non-hydrogen) atoms. The van der Waals surface area contributed by atoms with Crippen molar-refractivity contribution < 1.29 is 14.2 Å². The third kappa shape index (κ3) is 5.32. The highest BCUT2D eigenvalue weighted by Gasteiger charge is 2.41. The second-order valence-corrected chi connectivity index (χ2v) is 8.94. The van der Waals surface area contributed by atoms with Crippen LogP contribution in [0.25, 0.3) is 0 Å². The number of rotatable bonds is 10. The molecule has 1 atom stereocenters. The molecule has 7 heteroatoms. The zero-order chi connectivity index (χ0) is 21.6. The van der Waals surface area contributed by atoms with E-state index in [4.69, 9.17) is 14.2 Å². The van der Waals surface area contributed by atoms with Crippen LogP contribution in [0.15, 0.2) is 52.2 Å². The van der Waals surface area contributed by atoms with Crippen LogP contribution in [0.2, 0.25) is 0 Å². The summed E-state index contributed by atoms with van der Waals surface area (Å²) in [6.45, 7) is 5.68. The number of nitroso groups, excluding NO2 is 1. The molecule has 0 bridgehead atoms. The van der Waals surface area contributed by atoms with Gasteiger partial charge in [0, 0.05) is 24.6 Å². The van der Waals surface area contributed by atoms with Gasteiger partial charge in [0.1, 0.15) is 6.61 Å². The first-order valence-electron chi connectivity index (χ1n) is 10.2. The van der Waals surface area contributed by atoms with Gasteiger partial charge in [0.05, 0.1) is 23.5 Å². The van der Waals surface area contributed by atoms with Gasteiger partial charge in [-0.05, 0) is 49.9 Å². The lowest BCUT2D eigenvalue weighted by Gasteiger charge is -2.30. The molecule has 1 unspecified atom stereocenters. The Balaban J connectivity index is 1.86. The summed E-state index contributed by atoms with van der Waals surface area (Å²) in [6, 6.07) is 13.8. The van der Waals surface area contributed by atoms with E-state index in [1.165, 1.54) is 0 Å². The molecule has 0 N–H and O–H groups in total. The molecule has 1 aliphatic rings. The van der Waals surface area contributed by atoms with Crippen LogP contribution in [0.3, 0.4) is 0 Å². The summed E-state index contributed by atoms with van der Waals surface area (Å²) < 4.78 is 18.1. The molecule has 1 heterocycles. The smallest absolute Gasteiger partial charge is 0.162 e. The summed E-state index contributed by atoms with van der Waals surface area (Å²) in [6.07, 6.45) is 2.52. The van der Waals surface area contributed by atoms with Gasteiger partial charge in [-0.15, -0.1) is 4.91 Å². The monoisotopic (exact) mass is 476 g/mol. The molecular formula is C23H29BrN2O4. The largest absolute Gasteiger partial charge is 0.490 e. The first-order valence-corrected chi connectivity index (χ1v) is 11.0. The van der Waals surface area contributed by atoms with Gasteiger partial charge in [0.15, 0.2) is 11.5 Å². The Kier molecular flexibility index (Phi) is 7.72. The van der Waals surface area contributed by atoms with Gasteiger partial charge < -0.3 is 14.2 Å². The molecule has 162 valence electrons. The van der Waals surface area contributed by atoms with Crippen molar-refractivity contribution in [1.82, 2.24) is 5.01 Å². The average molecular weight is 477 g/mol. The topological polar surface area (TPSA) is 60.4 Å². The third-order valence-electron chi connectivity index (χ3n) is 5.44. The van der Waals surface area contributed by atoms with Crippen LogP contribution in [0.4, 0.5) is 0 Å². The molecule has 1 saturated heterocycles. The minimum absolute atomic E-state index is 0.101. The Bertz CT molecular complexity index is 845. The normalized spacial score (nSPS) is 17.7. The van der Waals surface area contributed by atoms with Gasteiger partial charge in [0.25, 0.3) is 0 Å². The van der Waals surface area contributed by atoms with E-state index in [1.54, 1.807) is 12.1 Å². The van der Waals surface area contributed by atoms with Crippen LogP contribution in [0.1, 0.15) is 50.3 Å². The van der Waals surface area contributed by atoms with Gasteiger partial charge in [0.2, 0.25) is 0 Å². The fourth-order valence-corrected chi connectivity index (χ4v) is 4.34. The van der Waals surface area contributed by atoms with Crippen molar-refractivity contribution in [2.75, 3.05) is 20.3 Å². The Morgan fingerprint density at radius 3 is 2.57 bits per heavy atom. The third-order valence-corrected chi connectivity index (χ3v) is 6.13. The molecule has 0 aliphatic carbocycles. The van der Waals surface area contributed by atoms with E-state index in [0.717, 1.165) is 34.9 Å². The van der Waals surface area contributed by atoms with Crippen molar-refractivity contribution in [2.45, 2.75) is 51.3 Å². The molecule has 1 fully saturated rings. The summed E-state index contributed by atoms with van der Waals surface area (Å²) in [7, 11) is 1.68. The molecule has 2 aromatic carbocycles. The summed E-state index contributed by atoms with van der Waals surface area (Å²) in [5.41, 5.74) is 1.79. The number of halogens is 1. The first kappa shape index (κ1) is 22.6. The van der Waals surface area contributed by atoms with E-state index in [2.05, 4.69) is 21.2 Å². The highest BCUT2D eigenvalue weighted by atomic mass is 79.9. The van der Waals surface area contributed by atoms with Crippen LogP contribution in [-0.4, -0.2) is 30.9 Å². The van der Waals surface area contributed by atoms with Gasteiger partial charge in [-0.1, -0.05) is 46.3 Å². The van der Waals surface area contributed by atoms with Gasteiger partial charge in [-0.3, -0.25) is 0 Å². The van der Waals surface area contributed by atoms with Gasteiger partial charge in [-0.2, -0.15) is 0 Å². The van der Waals surface area contributed by atoms with Crippen molar-refractivity contribution in [3.8, 4) is 11.5 Å². The zero-order valence-electron chi connectivity index (χ0n) is 17.8. The maximum Gasteiger partial charge on any atom is 0.162 e. The zero-order valence-corrected chi connectivity index (χ0v) is 19.4. The quantitative estimate of drug-likeness (QED) is 0.309. The van der Waals surface area contributed by atoms with Crippen LogP contribution in [0.5, 0.6) is 11.5 Å². The minimum atomic E-state index is -0.270. The number of hydrogen-bond donors (Lipinski definition) is 0. The Morgan fingerprint density at radius 2 is 1.87 bits per heavy atom. The molecule has 1 aliphatic heterocycles. The lowest BCUT2D eigenvalue weighted by Crippen LogP contribution is -2.35. The molecule has 0 amide bonds. The first-order chi connectivity index (χ1) is 14.5. The number of nitrogens with zero attached hydrogens (tertiary/aromatic N) is 2. The Morgan fingerprint density at radius 1 is 1.13 bits per heavy atom. The fourth-order valence-electron chi connectivity index (χ4n) is 3.76. The maximum atomic E-state index is 11.6. The summed E-state index contributed by atoms with van der Waals surface area (Å²) in [5.74, 6) is 1.32. The number of methoxy groups -OCH3 is 1. The highest BCUT2D eigenvalue weighted by molar-refractivity contribution is 9.10. The summed E-state index contributed by atoms with van der Waals surface area (Å²) in [4.78, 5) is 11.6. The predicted molar refractivity (Wildman–Crippen MR) is 121 cm³/mol. The number of ether oxygens (including phenoxy) is 3. The molecular weight excluding hydrogens is 448 g/mol. The van der Waals surface area contributed by atoms with E-state index < -0.39 is 0 Å². The van der Waals surface area contributed by atoms with Crippen molar-refractivity contribution >= 4 is 15.9 Å². The molecule has 6 nitrogen and oxygen atoms in total. The maximum absolute atomic E-state index is 11.6. The Hall–Kier alpha value is -2.12. The lowest BCUT2D eigenvalue weighted by atomic mass is 10.0. The minimum Gasteiger partial charge on any atom is -0.490 e. The van der Waals surface area contributed by atoms with Gasteiger partial charge >= 0.3 is 0 Å².